The number of fused-ring (bicyclic) bond motifs is 1. The van der Waals surface area contributed by atoms with E-state index in [2.05, 4.69) is 0 Å². The average Bonchev–Trinajstić information content (AvgIpc) is 2.64. The Morgan fingerprint density at radius 1 is 1.47 bits per heavy atom. The minimum atomic E-state index is 0.0883. The lowest BCUT2D eigenvalue weighted by Crippen LogP contribution is -2.18. The van der Waals surface area contributed by atoms with Crippen LogP contribution < -0.4 is 19.9 Å². The van der Waals surface area contributed by atoms with Crippen molar-refractivity contribution in [2.45, 2.75) is 19.4 Å². The highest BCUT2D eigenvalue weighted by atomic mass is 16.7. The number of hydrogen-bond donors (Lipinski definition) is 1. The standard InChI is InChI=1S/C11H15NO3/c1-7(12)3-8-4-9(13-2)5-10-11(8)15-6-14-10/h4-5,7H,3,6,12H2,1-2H3. The quantitative estimate of drug-likeness (QED) is 0.815. The number of hydrogen-bond acceptors (Lipinski definition) is 4. The Labute approximate surface area is 88.9 Å². The van der Waals surface area contributed by atoms with Crippen LogP contribution in [-0.2, 0) is 6.42 Å². The molecule has 82 valence electrons. The van der Waals surface area contributed by atoms with E-state index in [1.54, 1.807) is 7.11 Å². The summed E-state index contributed by atoms with van der Waals surface area (Å²) in [4.78, 5) is 0. The zero-order valence-electron chi connectivity index (χ0n) is 8.95. The molecule has 1 atom stereocenters. The van der Waals surface area contributed by atoms with Crippen molar-refractivity contribution in [2.75, 3.05) is 13.9 Å². The van der Waals surface area contributed by atoms with E-state index in [4.69, 9.17) is 19.9 Å². The van der Waals surface area contributed by atoms with E-state index < -0.39 is 0 Å². The monoisotopic (exact) mass is 209 g/mol. The molecule has 1 aliphatic rings. The predicted molar refractivity (Wildman–Crippen MR) is 56.5 cm³/mol. The third kappa shape index (κ3) is 1.99. The highest BCUT2D eigenvalue weighted by Gasteiger charge is 2.20. The molecule has 0 saturated heterocycles. The zero-order valence-corrected chi connectivity index (χ0v) is 8.95. The second-order valence-electron chi connectivity index (χ2n) is 3.70. The van der Waals surface area contributed by atoms with Gasteiger partial charge in [0.25, 0.3) is 0 Å². The fraction of sp³-hybridized carbons (Fsp3) is 0.455. The van der Waals surface area contributed by atoms with Crippen LogP contribution in [0.1, 0.15) is 12.5 Å². The third-order valence-electron chi connectivity index (χ3n) is 2.30. The first-order valence-corrected chi connectivity index (χ1v) is 4.93. The Morgan fingerprint density at radius 2 is 2.27 bits per heavy atom. The van der Waals surface area contributed by atoms with E-state index in [9.17, 15) is 0 Å². The molecule has 2 rings (SSSR count). The molecule has 0 aliphatic carbocycles. The topological polar surface area (TPSA) is 53.7 Å². The van der Waals surface area contributed by atoms with Gasteiger partial charge in [0.15, 0.2) is 11.5 Å². The molecule has 0 aromatic heterocycles. The fourth-order valence-corrected chi connectivity index (χ4v) is 1.67. The molecule has 0 amide bonds. The predicted octanol–water partition coefficient (Wildman–Crippen LogP) is 1.31. The highest BCUT2D eigenvalue weighted by Crippen LogP contribution is 2.39. The van der Waals surface area contributed by atoms with Gasteiger partial charge < -0.3 is 19.9 Å². The van der Waals surface area contributed by atoms with Crippen LogP contribution in [0, 0.1) is 0 Å². The van der Waals surface area contributed by atoms with Crippen LogP contribution in [0.15, 0.2) is 12.1 Å². The van der Waals surface area contributed by atoms with Crippen molar-refractivity contribution in [3.8, 4) is 17.2 Å². The molecule has 0 saturated carbocycles. The van der Waals surface area contributed by atoms with Gasteiger partial charge in [0.05, 0.1) is 7.11 Å². The molecule has 15 heavy (non-hydrogen) atoms. The van der Waals surface area contributed by atoms with Crippen LogP contribution in [0.4, 0.5) is 0 Å². The minimum absolute atomic E-state index is 0.0883. The molecule has 1 aromatic rings. The van der Waals surface area contributed by atoms with E-state index in [-0.39, 0.29) is 12.8 Å². The molecule has 1 unspecified atom stereocenters. The summed E-state index contributed by atoms with van der Waals surface area (Å²) in [6.07, 6.45) is 0.753. The molecule has 1 heterocycles. The van der Waals surface area contributed by atoms with Gasteiger partial charge in [-0.05, 0) is 19.4 Å². The fourth-order valence-electron chi connectivity index (χ4n) is 1.67. The molecular formula is C11H15NO3. The van der Waals surface area contributed by atoms with Crippen molar-refractivity contribution in [2.24, 2.45) is 5.73 Å². The molecule has 2 N–H and O–H groups in total. The Balaban J connectivity index is 2.38. The maximum Gasteiger partial charge on any atom is 0.231 e. The highest BCUT2D eigenvalue weighted by molar-refractivity contribution is 5.53. The zero-order chi connectivity index (χ0) is 10.8. The second-order valence-corrected chi connectivity index (χ2v) is 3.70. The van der Waals surface area contributed by atoms with E-state index >= 15 is 0 Å². The first kappa shape index (κ1) is 10.1. The first-order valence-electron chi connectivity index (χ1n) is 4.93. The van der Waals surface area contributed by atoms with Crippen LogP contribution in [0.3, 0.4) is 0 Å². The molecule has 1 aliphatic heterocycles. The molecular weight excluding hydrogens is 194 g/mol. The molecule has 4 nitrogen and oxygen atoms in total. The lowest BCUT2D eigenvalue weighted by Gasteiger charge is -2.10. The van der Waals surface area contributed by atoms with E-state index in [0.717, 1.165) is 29.2 Å². The first-order chi connectivity index (χ1) is 7.20. The molecule has 4 heteroatoms. The summed E-state index contributed by atoms with van der Waals surface area (Å²) in [5.41, 5.74) is 6.81. The van der Waals surface area contributed by atoms with Crippen molar-refractivity contribution in [1.29, 1.82) is 0 Å². The van der Waals surface area contributed by atoms with Crippen molar-refractivity contribution < 1.29 is 14.2 Å². The summed E-state index contributed by atoms with van der Waals surface area (Å²) in [6.45, 7) is 2.23. The molecule has 0 bridgehead atoms. The van der Waals surface area contributed by atoms with Crippen LogP contribution in [0.2, 0.25) is 0 Å². The van der Waals surface area contributed by atoms with E-state index in [1.807, 2.05) is 19.1 Å². The van der Waals surface area contributed by atoms with Crippen LogP contribution in [-0.4, -0.2) is 19.9 Å². The summed E-state index contributed by atoms with van der Waals surface area (Å²) < 4.78 is 15.9. The number of rotatable bonds is 3. The van der Waals surface area contributed by atoms with Gasteiger partial charge in [-0.2, -0.15) is 0 Å². The van der Waals surface area contributed by atoms with Gasteiger partial charge in [0, 0.05) is 17.7 Å². The lowest BCUT2D eigenvalue weighted by molar-refractivity contribution is 0.173. The Kier molecular flexibility index (Phi) is 2.68. The number of methoxy groups -OCH3 is 1. The maximum atomic E-state index is 5.77. The summed E-state index contributed by atoms with van der Waals surface area (Å²) in [5, 5.41) is 0. The SMILES string of the molecule is COc1cc(CC(C)N)c2c(c1)OCO2. The second kappa shape index (κ2) is 3.98. The smallest absolute Gasteiger partial charge is 0.231 e. The van der Waals surface area contributed by atoms with Crippen LogP contribution in [0.25, 0.3) is 0 Å². The number of benzene rings is 1. The Hall–Kier alpha value is -1.42. The summed E-state index contributed by atoms with van der Waals surface area (Å²) in [7, 11) is 1.63. The van der Waals surface area contributed by atoms with Crippen molar-refractivity contribution in [3.63, 3.8) is 0 Å². The van der Waals surface area contributed by atoms with Gasteiger partial charge in [-0.15, -0.1) is 0 Å². The third-order valence-corrected chi connectivity index (χ3v) is 2.30. The summed E-state index contributed by atoms with van der Waals surface area (Å²) >= 11 is 0. The van der Waals surface area contributed by atoms with Gasteiger partial charge in [0.2, 0.25) is 6.79 Å². The van der Waals surface area contributed by atoms with Crippen LogP contribution >= 0.6 is 0 Å². The summed E-state index contributed by atoms with van der Waals surface area (Å²) in [6, 6.07) is 3.86. The van der Waals surface area contributed by atoms with Gasteiger partial charge in [-0.1, -0.05) is 0 Å². The molecule has 0 spiro atoms. The van der Waals surface area contributed by atoms with Crippen molar-refractivity contribution in [1.82, 2.24) is 0 Å². The molecule has 0 fully saturated rings. The summed E-state index contributed by atoms with van der Waals surface area (Å²) in [5.74, 6) is 2.31. The number of ether oxygens (including phenoxy) is 3. The van der Waals surface area contributed by atoms with E-state index in [0.29, 0.717) is 0 Å². The normalized spacial score (nSPS) is 15.1. The van der Waals surface area contributed by atoms with Crippen LogP contribution in [0.5, 0.6) is 17.2 Å². The van der Waals surface area contributed by atoms with Gasteiger partial charge in [-0.3, -0.25) is 0 Å². The maximum absolute atomic E-state index is 5.77. The minimum Gasteiger partial charge on any atom is -0.497 e. The largest absolute Gasteiger partial charge is 0.497 e. The lowest BCUT2D eigenvalue weighted by atomic mass is 10.1. The Bertz CT molecular complexity index is 363. The van der Waals surface area contributed by atoms with Gasteiger partial charge >= 0.3 is 0 Å². The molecule has 0 radical (unpaired) electrons. The van der Waals surface area contributed by atoms with Gasteiger partial charge in [0.1, 0.15) is 5.75 Å². The van der Waals surface area contributed by atoms with Gasteiger partial charge in [-0.25, -0.2) is 0 Å². The Morgan fingerprint density at radius 3 is 2.93 bits per heavy atom. The molecule has 1 aromatic carbocycles. The average molecular weight is 209 g/mol. The van der Waals surface area contributed by atoms with E-state index in [1.165, 1.54) is 0 Å². The van der Waals surface area contributed by atoms with Crippen molar-refractivity contribution >= 4 is 0 Å². The number of nitrogens with two attached hydrogens (primary N) is 1. The van der Waals surface area contributed by atoms with Crippen molar-refractivity contribution in [3.05, 3.63) is 17.7 Å².